The molecule has 3 heterocycles. The Balaban J connectivity index is 1.60. The molecule has 6 nitrogen and oxygen atoms in total. The van der Waals surface area contributed by atoms with E-state index in [9.17, 15) is 9.59 Å². The second-order valence-electron chi connectivity index (χ2n) is 8.64. The zero-order valence-corrected chi connectivity index (χ0v) is 21.2. The Labute approximate surface area is 212 Å². The number of ether oxygens (including phenoxy) is 1. The van der Waals surface area contributed by atoms with Crippen molar-refractivity contribution in [1.29, 1.82) is 0 Å². The molecule has 1 fully saturated rings. The average Bonchev–Trinajstić information content (AvgIpc) is 3.48. The second kappa shape index (κ2) is 9.84. The second-order valence-corrected chi connectivity index (χ2v) is 10.1. The van der Waals surface area contributed by atoms with Gasteiger partial charge in [0.15, 0.2) is 4.80 Å². The molecule has 0 unspecified atom stereocenters. The molecule has 180 valence electrons. The summed E-state index contributed by atoms with van der Waals surface area (Å²) < 4.78 is 7.49. The zero-order chi connectivity index (χ0) is 24.5. The number of rotatable bonds is 5. The summed E-state index contributed by atoms with van der Waals surface area (Å²) in [4.78, 5) is 34.1. The van der Waals surface area contributed by atoms with E-state index in [-0.39, 0.29) is 12.2 Å². The molecule has 35 heavy (non-hydrogen) atoms. The lowest BCUT2D eigenvalue weighted by Crippen LogP contribution is -2.39. The molecule has 2 aromatic carbocycles. The molecule has 1 saturated heterocycles. The smallest absolute Gasteiger partial charge is 0.338 e. The Hall–Kier alpha value is -3.16. The molecule has 0 N–H and O–H groups in total. The van der Waals surface area contributed by atoms with E-state index in [4.69, 9.17) is 16.3 Å². The van der Waals surface area contributed by atoms with E-state index >= 15 is 0 Å². The number of carbonyl (C=O) groups excluding carboxylic acids is 1. The van der Waals surface area contributed by atoms with Crippen LogP contribution in [0.4, 0.5) is 5.69 Å². The number of carbonyl (C=O) groups is 1. The van der Waals surface area contributed by atoms with Crippen molar-refractivity contribution in [3.05, 3.63) is 95.6 Å². The van der Waals surface area contributed by atoms with Crippen LogP contribution >= 0.6 is 22.9 Å². The molecule has 0 bridgehead atoms. The monoisotopic (exact) mass is 507 g/mol. The lowest BCUT2D eigenvalue weighted by molar-refractivity contribution is -0.139. The summed E-state index contributed by atoms with van der Waals surface area (Å²) in [7, 11) is 0. The van der Waals surface area contributed by atoms with Crippen LogP contribution in [0.1, 0.15) is 43.9 Å². The van der Waals surface area contributed by atoms with Crippen LogP contribution in [0.3, 0.4) is 0 Å². The van der Waals surface area contributed by atoms with Gasteiger partial charge in [0.1, 0.15) is 0 Å². The van der Waals surface area contributed by atoms with Gasteiger partial charge in [-0.25, -0.2) is 9.79 Å². The molecule has 0 aliphatic carbocycles. The first kappa shape index (κ1) is 23.6. The van der Waals surface area contributed by atoms with Crippen LogP contribution in [0.25, 0.3) is 6.08 Å². The average molecular weight is 508 g/mol. The van der Waals surface area contributed by atoms with E-state index in [1.807, 2.05) is 30.3 Å². The topological polar surface area (TPSA) is 63.9 Å². The Morgan fingerprint density at radius 3 is 2.49 bits per heavy atom. The zero-order valence-electron chi connectivity index (χ0n) is 19.7. The normalized spacial score (nSPS) is 18.0. The van der Waals surface area contributed by atoms with Crippen molar-refractivity contribution in [2.24, 2.45) is 4.99 Å². The van der Waals surface area contributed by atoms with Gasteiger partial charge in [-0.05, 0) is 68.2 Å². The van der Waals surface area contributed by atoms with Gasteiger partial charge in [0.25, 0.3) is 5.56 Å². The summed E-state index contributed by atoms with van der Waals surface area (Å²) >= 11 is 7.43. The van der Waals surface area contributed by atoms with Gasteiger partial charge < -0.3 is 9.64 Å². The van der Waals surface area contributed by atoms with Gasteiger partial charge in [0.2, 0.25) is 0 Å². The van der Waals surface area contributed by atoms with E-state index in [0.29, 0.717) is 25.6 Å². The highest BCUT2D eigenvalue weighted by atomic mass is 35.5. The van der Waals surface area contributed by atoms with Gasteiger partial charge >= 0.3 is 5.97 Å². The van der Waals surface area contributed by atoms with Crippen molar-refractivity contribution in [2.45, 2.75) is 32.7 Å². The van der Waals surface area contributed by atoms with Crippen LogP contribution in [0, 0.1) is 0 Å². The van der Waals surface area contributed by atoms with E-state index in [2.05, 4.69) is 22.0 Å². The number of esters is 1. The summed E-state index contributed by atoms with van der Waals surface area (Å²) in [6, 6.07) is 14.8. The van der Waals surface area contributed by atoms with Gasteiger partial charge in [0, 0.05) is 23.8 Å². The molecule has 8 heteroatoms. The number of hydrogen-bond acceptors (Lipinski definition) is 6. The van der Waals surface area contributed by atoms with Crippen molar-refractivity contribution < 1.29 is 9.53 Å². The summed E-state index contributed by atoms with van der Waals surface area (Å²) in [5.41, 5.74) is 3.65. The van der Waals surface area contributed by atoms with E-state index in [1.54, 1.807) is 30.5 Å². The standard InChI is InChI=1S/C27H26ClN3O3S/c1-3-34-26(33)23-17(2)29-27-31(24(23)19-8-10-20(28)11-9-19)25(32)22(35-27)16-18-6-12-21(13-7-18)30-14-4-5-15-30/h6-13,16,24H,3-5,14-15H2,1-2H3/b22-16+/t24-/m0/s1. The van der Waals surface area contributed by atoms with Crippen LogP contribution < -0.4 is 19.8 Å². The number of hydrogen-bond donors (Lipinski definition) is 0. The SMILES string of the molecule is CCOC(=O)C1=C(C)N=c2s/c(=C/c3ccc(N4CCCC4)cc3)c(=O)n2[C@H]1c1ccc(Cl)cc1. The van der Waals surface area contributed by atoms with E-state index in [1.165, 1.54) is 29.9 Å². The maximum Gasteiger partial charge on any atom is 0.338 e. The first-order valence-corrected chi connectivity index (χ1v) is 13.0. The lowest BCUT2D eigenvalue weighted by atomic mass is 9.96. The Kier molecular flexibility index (Phi) is 6.62. The van der Waals surface area contributed by atoms with Gasteiger partial charge in [-0.2, -0.15) is 0 Å². The molecule has 1 atom stereocenters. The highest BCUT2D eigenvalue weighted by Gasteiger charge is 2.33. The minimum atomic E-state index is -0.637. The summed E-state index contributed by atoms with van der Waals surface area (Å²) in [5, 5.41) is 0.580. The number of halogens is 1. The van der Waals surface area contributed by atoms with Crippen LogP contribution in [0.5, 0.6) is 0 Å². The molecule has 0 amide bonds. The molecule has 0 radical (unpaired) electrons. The van der Waals surface area contributed by atoms with Crippen molar-refractivity contribution in [2.75, 3.05) is 24.6 Å². The van der Waals surface area contributed by atoms with E-state index < -0.39 is 12.0 Å². The number of allylic oxidation sites excluding steroid dienone is 1. The van der Waals surface area contributed by atoms with E-state index in [0.717, 1.165) is 24.2 Å². The third kappa shape index (κ3) is 4.58. The number of anilines is 1. The molecule has 0 spiro atoms. The molecule has 0 saturated carbocycles. The number of benzene rings is 2. The van der Waals surface area contributed by atoms with Gasteiger partial charge in [0.05, 0.1) is 28.5 Å². The predicted octanol–water partition coefficient (Wildman–Crippen LogP) is 4.05. The molecular formula is C27H26ClN3O3S. The summed E-state index contributed by atoms with van der Waals surface area (Å²) in [5.74, 6) is -0.472. The highest BCUT2D eigenvalue weighted by Crippen LogP contribution is 2.31. The Morgan fingerprint density at radius 2 is 1.83 bits per heavy atom. The Morgan fingerprint density at radius 1 is 1.14 bits per heavy atom. The third-order valence-electron chi connectivity index (χ3n) is 6.36. The quantitative estimate of drug-likeness (QED) is 0.489. The molecule has 2 aliphatic rings. The number of thiazole rings is 1. The fourth-order valence-corrected chi connectivity index (χ4v) is 5.83. The van der Waals surface area contributed by atoms with Crippen LogP contribution in [-0.2, 0) is 9.53 Å². The Bertz CT molecular complexity index is 1460. The minimum Gasteiger partial charge on any atom is -0.463 e. The van der Waals surface area contributed by atoms with Crippen LogP contribution in [0.2, 0.25) is 5.02 Å². The van der Waals surface area contributed by atoms with Crippen LogP contribution in [-0.4, -0.2) is 30.2 Å². The molecule has 2 aliphatic heterocycles. The minimum absolute atomic E-state index is 0.188. The number of nitrogens with zero attached hydrogens (tertiary/aromatic N) is 3. The van der Waals surface area contributed by atoms with Crippen molar-refractivity contribution >= 4 is 40.7 Å². The maximum absolute atomic E-state index is 13.7. The molecule has 1 aromatic heterocycles. The highest BCUT2D eigenvalue weighted by molar-refractivity contribution is 7.07. The first-order chi connectivity index (χ1) is 17.0. The van der Waals surface area contributed by atoms with Crippen LogP contribution in [0.15, 0.2) is 69.6 Å². The largest absolute Gasteiger partial charge is 0.463 e. The summed E-state index contributed by atoms with van der Waals surface area (Å²) in [6.07, 6.45) is 4.34. The number of aromatic nitrogens is 1. The molecular weight excluding hydrogens is 482 g/mol. The predicted molar refractivity (Wildman–Crippen MR) is 140 cm³/mol. The fourth-order valence-electron chi connectivity index (χ4n) is 4.66. The number of fused-ring (bicyclic) bond motifs is 1. The lowest BCUT2D eigenvalue weighted by Gasteiger charge is -2.24. The molecule has 3 aromatic rings. The van der Waals surface area contributed by atoms with Crippen molar-refractivity contribution in [3.8, 4) is 0 Å². The van der Waals surface area contributed by atoms with Gasteiger partial charge in [-0.3, -0.25) is 9.36 Å². The maximum atomic E-state index is 13.7. The van der Waals surface area contributed by atoms with Crippen molar-refractivity contribution in [3.63, 3.8) is 0 Å². The van der Waals surface area contributed by atoms with Gasteiger partial charge in [-0.15, -0.1) is 0 Å². The fraction of sp³-hybridized carbons (Fsp3) is 0.296. The van der Waals surface area contributed by atoms with Crippen molar-refractivity contribution in [1.82, 2.24) is 4.57 Å². The summed E-state index contributed by atoms with van der Waals surface area (Å²) in [6.45, 7) is 5.95. The van der Waals surface area contributed by atoms with Gasteiger partial charge in [-0.1, -0.05) is 47.2 Å². The molecule has 5 rings (SSSR count). The first-order valence-electron chi connectivity index (χ1n) is 11.8. The third-order valence-corrected chi connectivity index (χ3v) is 7.60.